The molecule has 4 nitrogen and oxygen atoms in total. The Morgan fingerprint density at radius 2 is 2.06 bits per heavy atom. The maximum atomic E-state index is 11.2. The van der Waals surface area contributed by atoms with Gasteiger partial charge in [0.1, 0.15) is 5.75 Å². The lowest BCUT2D eigenvalue weighted by Gasteiger charge is -2.26. The molecule has 0 atom stereocenters. The Bertz CT molecular complexity index is 399. The summed E-state index contributed by atoms with van der Waals surface area (Å²) in [5, 5.41) is 9.68. The third-order valence-electron chi connectivity index (χ3n) is 2.77. The van der Waals surface area contributed by atoms with Gasteiger partial charge in [-0.25, -0.2) is 0 Å². The SMILES string of the molecule is Nc1ccc(O)c(CN2CCS(=O)CC2)c1. The van der Waals surface area contributed by atoms with E-state index in [0.29, 0.717) is 12.2 Å². The van der Waals surface area contributed by atoms with E-state index in [0.717, 1.165) is 30.2 Å². The Labute approximate surface area is 97.5 Å². The molecule has 1 saturated heterocycles. The van der Waals surface area contributed by atoms with Crippen molar-refractivity contribution in [3.63, 3.8) is 0 Å². The first-order valence-corrected chi connectivity index (χ1v) is 6.78. The quantitative estimate of drug-likeness (QED) is 0.585. The van der Waals surface area contributed by atoms with E-state index in [1.54, 1.807) is 18.2 Å². The highest BCUT2D eigenvalue weighted by Gasteiger charge is 2.16. The molecular weight excluding hydrogens is 224 g/mol. The van der Waals surface area contributed by atoms with Crippen LogP contribution in [-0.4, -0.2) is 38.8 Å². The average molecular weight is 240 g/mol. The van der Waals surface area contributed by atoms with Crippen LogP contribution in [0.25, 0.3) is 0 Å². The van der Waals surface area contributed by atoms with Crippen LogP contribution in [0, 0.1) is 0 Å². The van der Waals surface area contributed by atoms with Crippen molar-refractivity contribution in [1.82, 2.24) is 4.90 Å². The summed E-state index contributed by atoms with van der Waals surface area (Å²) in [6.07, 6.45) is 0. The lowest BCUT2D eigenvalue weighted by Crippen LogP contribution is -2.37. The number of benzene rings is 1. The Kier molecular flexibility index (Phi) is 3.46. The number of phenols is 1. The van der Waals surface area contributed by atoms with Gasteiger partial charge in [0, 0.05) is 53.2 Å². The molecule has 0 amide bonds. The predicted molar refractivity (Wildman–Crippen MR) is 65.7 cm³/mol. The molecule has 0 saturated carbocycles. The first-order valence-electron chi connectivity index (χ1n) is 5.30. The van der Waals surface area contributed by atoms with Crippen LogP contribution in [0.2, 0.25) is 0 Å². The van der Waals surface area contributed by atoms with E-state index >= 15 is 0 Å². The van der Waals surface area contributed by atoms with Crippen LogP contribution in [0.15, 0.2) is 18.2 Å². The van der Waals surface area contributed by atoms with Crippen LogP contribution in [0.1, 0.15) is 5.56 Å². The van der Waals surface area contributed by atoms with Crippen molar-refractivity contribution >= 4 is 16.5 Å². The molecule has 3 N–H and O–H groups in total. The van der Waals surface area contributed by atoms with Gasteiger partial charge in [-0.15, -0.1) is 0 Å². The van der Waals surface area contributed by atoms with Crippen molar-refractivity contribution in [2.45, 2.75) is 6.54 Å². The van der Waals surface area contributed by atoms with Crippen LogP contribution in [0.4, 0.5) is 5.69 Å². The summed E-state index contributed by atoms with van der Waals surface area (Å²) < 4.78 is 11.2. The fourth-order valence-corrected chi connectivity index (χ4v) is 2.93. The van der Waals surface area contributed by atoms with Crippen molar-refractivity contribution in [1.29, 1.82) is 0 Å². The van der Waals surface area contributed by atoms with Gasteiger partial charge in [-0.2, -0.15) is 0 Å². The smallest absolute Gasteiger partial charge is 0.120 e. The van der Waals surface area contributed by atoms with Crippen LogP contribution in [-0.2, 0) is 17.3 Å². The van der Waals surface area contributed by atoms with Gasteiger partial charge in [0.25, 0.3) is 0 Å². The van der Waals surface area contributed by atoms with E-state index in [-0.39, 0.29) is 5.75 Å². The van der Waals surface area contributed by atoms with Crippen molar-refractivity contribution in [2.75, 3.05) is 30.3 Å². The Morgan fingerprint density at radius 1 is 1.38 bits per heavy atom. The van der Waals surface area contributed by atoms with Crippen molar-refractivity contribution in [2.24, 2.45) is 0 Å². The second-order valence-electron chi connectivity index (χ2n) is 4.01. The normalized spacial score (nSPS) is 18.8. The molecule has 1 aliphatic heterocycles. The fraction of sp³-hybridized carbons (Fsp3) is 0.455. The topological polar surface area (TPSA) is 66.6 Å². The van der Waals surface area contributed by atoms with Crippen LogP contribution >= 0.6 is 0 Å². The van der Waals surface area contributed by atoms with E-state index in [1.165, 1.54) is 0 Å². The summed E-state index contributed by atoms with van der Waals surface area (Å²) in [4.78, 5) is 2.19. The number of hydrogen-bond donors (Lipinski definition) is 2. The van der Waals surface area contributed by atoms with Crippen LogP contribution in [0.5, 0.6) is 5.75 Å². The zero-order valence-electron chi connectivity index (χ0n) is 9.06. The molecule has 0 bridgehead atoms. The predicted octanol–water partition coefficient (Wildman–Crippen LogP) is 0.539. The monoisotopic (exact) mass is 240 g/mol. The standard InChI is InChI=1S/C11H16N2O2S/c12-10-1-2-11(14)9(7-10)8-13-3-5-16(15)6-4-13/h1-2,7,14H,3-6,8,12H2. The highest BCUT2D eigenvalue weighted by atomic mass is 32.2. The van der Waals surface area contributed by atoms with E-state index in [2.05, 4.69) is 4.90 Å². The molecule has 1 aromatic carbocycles. The van der Waals surface area contributed by atoms with Crippen LogP contribution in [0.3, 0.4) is 0 Å². The Morgan fingerprint density at radius 3 is 2.75 bits per heavy atom. The molecule has 2 rings (SSSR count). The fourth-order valence-electron chi connectivity index (χ4n) is 1.81. The van der Waals surface area contributed by atoms with Gasteiger partial charge in [-0.05, 0) is 18.2 Å². The molecule has 1 aromatic rings. The van der Waals surface area contributed by atoms with E-state index < -0.39 is 10.8 Å². The van der Waals surface area contributed by atoms with Crippen LogP contribution < -0.4 is 5.73 Å². The maximum absolute atomic E-state index is 11.2. The minimum Gasteiger partial charge on any atom is -0.508 e. The first kappa shape index (κ1) is 11.4. The molecule has 16 heavy (non-hydrogen) atoms. The third-order valence-corrected chi connectivity index (χ3v) is 4.04. The summed E-state index contributed by atoms with van der Waals surface area (Å²) in [6.45, 7) is 2.32. The minimum absolute atomic E-state index is 0.279. The summed E-state index contributed by atoms with van der Waals surface area (Å²) >= 11 is 0. The van der Waals surface area contributed by atoms with Gasteiger partial charge < -0.3 is 10.8 Å². The number of aromatic hydroxyl groups is 1. The number of anilines is 1. The molecule has 0 aromatic heterocycles. The average Bonchev–Trinajstić information content (AvgIpc) is 2.27. The van der Waals surface area contributed by atoms with Crippen molar-refractivity contribution < 1.29 is 9.32 Å². The van der Waals surface area contributed by atoms with E-state index in [4.69, 9.17) is 5.73 Å². The molecule has 1 fully saturated rings. The van der Waals surface area contributed by atoms with Crippen molar-refractivity contribution in [3.8, 4) is 5.75 Å². The molecule has 88 valence electrons. The van der Waals surface area contributed by atoms with Gasteiger partial charge in [-0.3, -0.25) is 9.11 Å². The molecule has 0 spiro atoms. The summed E-state index contributed by atoms with van der Waals surface area (Å²) in [7, 11) is -0.657. The number of nitrogen functional groups attached to an aromatic ring is 1. The Hall–Kier alpha value is -1.07. The van der Waals surface area contributed by atoms with Gasteiger partial charge in [-0.1, -0.05) is 0 Å². The van der Waals surface area contributed by atoms with Gasteiger partial charge in [0.15, 0.2) is 0 Å². The van der Waals surface area contributed by atoms with Gasteiger partial charge in [0.2, 0.25) is 0 Å². The number of nitrogens with zero attached hydrogens (tertiary/aromatic N) is 1. The molecule has 0 aliphatic carbocycles. The van der Waals surface area contributed by atoms with E-state index in [1.807, 2.05) is 0 Å². The Balaban J connectivity index is 2.03. The minimum atomic E-state index is -0.657. The molecule has 0 radical (unpaired) electrons. The molecule has 1 aliphatic rings. The second kappa shape index (κ2) is 4.84. The number of nitrogens with two attached hydrogens (primary N) is 1. The maximum Gasteiger partial charge on any atom is 0.120 e. The van der Waals surface area contributed by atoms with Gasteiger partial charge >= 0.3 is 0 Å². The number of rotatable bonds is 2. The lowest BCUT2D eigenvalue weighted by molar-refractivity contribution is 0.287. The summed E-state index contributed by atoms with van der Waals surface area (Å²) in [5.74, 6) is 1.73. The molecule has 1 heterocycles. The largest absolute Gasteiger partial charge is 0.508 e. The first-order chi connectivity index (χ1) is 7.65. The number of phenolic OH excluding ortho intramolecular Hbond substituents is 1. The highest BCUT2D eigenvalue weighted by Crippen LogP contribution is 2.21. The number of hydrogen-bond acceptors (Lipinski definition) is 4. The lowest BCUT2D eigenvalue weighted by atomic mass is 10.1. The second-order valence-corrected chi connectivity index (χ2v) is 5.71. The zero-order chi connectivity index (χ0) is 11.5. The van der Waals surface area contributed by atoms with E-state index in [9.17, 15) is 9.32 Å². The van der Waals surface area contributed by atoms with Gasteiger partial charge in [0.05, 0.1) is 0 Å². The molecule has 5 heteroatoms. The van der Waals surface area contributed by atoms with Crippen molar-refractivity contribution in [3.05, 3.63) is 23.8 Å². The summed E-state index contributed by atoms with van der Waals surface area (Å²) in [5.41, 5.74) is 7.18. The highest BCUT2D eigenvalue weighted by molar-refractivity contribution is 7.85. The zero-order valence-corrected chi connectivity index (χ0v) is 9.87. The third kappa shape index (κ3) is 2.74. The molecular formula is C11H16N2O2S. The summed E-state index contributed by atoms with van der Waals surface area (Å²) in [6, 6.07) is 5.10. The molecule has 0 unspecified atom stereocenters.